The molecule has 2 fully saturated rings. The zero-order valence-corrected chi connectivity index (χ0v) is 12.2. The Hall–Kier alpha value is -0.920. The molecule has 0 bridgehead atoms. The van der Waals surface area contributed by atoms with Gasteiger partial charge in [-0.15, -0.1) is 0 Å². The second-order valence-electron chi connectivity index (χ2n) is 5.73. The highest BCUT2D eigenvalue weighted by Crippen LogP contribution is 2.38. The van der Waals surface area contributed by atoms with Gasteiger partial charge in [0.25, 0.3) is 0 Å². The molecule has 1 N–H and O–H groups in total. The molecular weight excluding hydrogens is 264 g/mol. The second kappa shape index (κ2) is 4.29. The van der Waals surface area contributed by atoms with E-state index in [1.807, 2.05) is 0 Å². The maximum absolute atomic E-state index is 12.7. The third-order valence-corrected chi connectivity index (χ3v) is 6.49. The number of sulfonamides is 1. The molecule has 6 nitrogen and oxygen atoms in total. The van der Waals surface area contributed by atoms with Crippen LogP contribution in [0.25, 0.3) is 0 Å². The van der Waals surface area contributed by atoms with Crippen molar-refractivity contribution in [3.63, 3.8) is 0 Å². The molecular formula is C12H20N4O2S. The molecule has 2 saturated heterocycles. The third-order valence-electron chi connectivity index (χ3n) is 4.54. The molecule has 0 amide bonds. The van der Waals surface area contributed by atoms with E-state index in [4.69, 9.17) is 0 Å². The Morgan fingerprint density at radius 2 is 2.21 bits per heavy atom. The summed E-state index contributed by atoms with van der Waals surface area (Å²) in [5, 5.41) is 7.39. The number of nitrogens with zero attached hydrogens (tertiary/aromatic N) is 3. The lowest BCUT2D eigenvalue weighted by Crippen LogP contribution is -2.33. The van der Waals surface area contributed by atoms with Crippen LogP contribution in [0.3, 0.4) is 0 Å². The molecule has 2 aliphatic rings. The number of hydrogen-bond donors (Lipinski definition) is 1. The smallest absolute Gasteiger partial charge is 0.246 e. The summed E-state index contributed by atoms with van der Waals surface area (Å²) in [6, 6.07) is 0. The summed E-state index contributed by atoms with van der Waals surface area (Å²) in [4.78, 5) is 0.345. The predicted octanol–water partition coefficient (Wildman–Crippen LogP) is 0.103. The lowest BCUT2D eigenvalue weighted by molar-refractivity contribution is 0.338. The van der Waals surface area contributed by atoms with Gasteiger partial charge in [-0.05, 0) is 31.7 Å². The molecule has 106 valence electrons. The minimum absolute atomic E-state index is 0.156. The van der Waals surface area contributed by atoms with Crippen molar-refractivity contribution in [2.75, 3.05) is 26.2 Å². The summed E-state index contributed by atoms with van der Waals surface area (Å²) in [6.07, 6.45) is 3.49. The molecule has 2 aliphatic heterocycles. The van der Waals surface area contributed by atoms with Crippen LogP contribution in [0.1, 0.15) is 18.5 Å². The Labute approximate surface area is 113 Å². The van der Waals surface area contributed by atoms with E-state index in [0.717, 1.165) is 25.9 Å². The average molecular weight is 284 g/mol. The standard InChI is InChI=1S/C12H20N4O2S/c1-10-11(7-14-15(10)2)19(17,18)16-6-4-12(9-16)3-5-13-8-12/h7,13H,3-6,8-9H2,1-2H3. The normalized spacial score (nSPS) is 28.5. The summed E-state index contributed by atoms with van der Waals surface area (Å²) >= 11 is 0. The van der Waals surface area contributed by atoms with Gasteiger partial charge in [0.2, 0.25) is 10.0 Å². The first-order chi connectivity index (χ1) is 8.95. The van der Waals surface area contributed by atoms with E-state index in [2.05, 4.69) is 10.4 Å². The monoisotopic (exact) mass is 284 g/mol. The minimum Gasteiger partial charge on any atom is -0.316 e. The van der Waals surface area contributed by atoms with Gasteiger partial charge in [-0.25, -0.2) is 8.42 Å². The van der Waals surface area contributed by atoms with Crippen LogP contribution in [0.2, 0.25) is 0 Å². The van der Waals surface area contributed by atoms with E-state index in [1.165, 1.54) is 6.20 Å². The van der Waals surface area contributed by atoms with Crippen LogP contribution in [0.5, 0.6) is 0 Å². The van der Waals surface area contributed by atoms with Gasteiger partial charge in [-0.1, -0.05) is 0 Å². The van der Waals surface area contributed by atoms with Crippen molar-refractivity contribution in [1.29, 1.82) is 0 Å². The largest absolute Gasteiger partial charge is 0.316 e. The van der Waals surface area contributed by atoms with E-state index in [1.54, 1.807) is 23.0 Å². The van der Waals surface area contributed by atoms with E-state index >= 15 is 0 Å². The molecule has 0 saturated carbocycles. The number of aryl methyl sites for hydroxylation is 1. The highest BCUT2D eigenvalue weighted by atomic mass is 32.2. The summed E-state index contributed by atoms with van der Waals surface area (Å²) in [5.74, 6) is 0. The zero-order valence-electron chi connectivity index (χ0n) is 11.4. The predicted molar refractivity (Wildman–Crippen MR) is 71.2 cm³/mol. The van der Waals surface area contributed by atoms with Gasteiger partial charge in [-0.3, -0.25) is 4.68 Å². The van der Waals surface area contributed by atoms with E-state index in [-0.39, 0.29) is 5.41 Å². The molecule has 1 atom stereocenters. The van der Waals surface area contributed by atoms with Crippen molar-refractivity contribution in [1.82, 2.24) is 19.4 Å². The maximum Gasteiger partial charge on any atom is 0.246 e. The number of aromatic nitrogens is 2. The second-order valence-corrected chi connectivity index (χ2v) is 7.64. The van der Waals surface area contributed by atoms with Crippen molar-refractivity contribution in [3.8, 4) is 0 Å². The Kier molecular flexibility index (Phi) is 2.95. The molecule has 0 radical (unpaired) electrons. The lowest BCUT2D eigenvalue weighted by Gasteiger charge is -2.22. The van der Waals surface area contributed by atoms with Gasteiger partial charge in [0, 0.05) is 26.7 Å². The summed E-state index contributed by atoms with van der Waals surface area (Å²) in [5.41, 5.74) is 0.855. The van der Waals surface area contributed by atoms with Crippen molar-refractivity contribution >= 4 is 10.0 Å². The van der Waals surface area contributed by atoms with E-state index < -0.39 is 10.0 Å². The Morgan fingerprint density at radius 3 is 2.79 bits per heavy atom. The summed E-state index contributed by atoms with van der Waals surface area (Å²) in [7, 11) is -1.63. The molecule has 3 heterocycles. The topological polar surface area (TPSA) is 67.2 Å². The van der Waals surface area contributed by atoms with Gasteiger partial charge in [0.1, 0.15) is 4.90 Å². The van der Waals surface area contributed by atoms with E-state index in [0.29, 0.717) is 23.7 Å². The highest BCUT2D eigenvalue weighted by Gasteiger charge is 2.45. The molecule has 0 aliphatic carbocycles. The van der Waals surface area contributed by atoms with Crippen LogP contribution in [-0.4, -0.2) is 48.7 Å². The molecule has 3 rings (SSSR count). The molecule has 1 spiro atoms. The quantitative estimate of drug-likeness (QED) is 0.836. The SMILES string of the molecule is Cc1c(S(=O)(=O)N2CCC3(CCNC3)C2)cnn1C. The number of nitrogens with one attached hydrogen (secondary N) is 1. The van der Waals surface area contributed by atoms with Crippen molar-refractivity contribution in [2.24, 2.45) is 12.5 Å². The number of hydrogen-bond acceptors (Lipinski definition) is 4. The van der Waals surface area contributed by atoms with Crippen LogP contribution < -0.4 is 5.32 Å². The fourth-order valence-electron chi connectivity index (χ4n) is 3.11. The van der Waals surface area contributed by atoms with Crippen molar-refractivity contribution in [2.45, 2.75) is 24.7 Å². The average Bonchev–Trinajstić information content (AvgIpc) is 3.06. The zero-order chi connectivity index (χ0) is 13.7. The summed E-state index contributed by atoms with van der Waals surface area (Å²) < 4.78 is 28.6. The fourth-order valence-corrected chi connectivity index (χ4v) is 4.85. The Bertz CT molecular complexity index is 587. The van der Waals surface area contributed by atoms with E-state index in [9.17, 15) is 8.42 Å². The van der Waals surface area contributed by atoms with Crippen molar-refractivity contribution in [3.05, 3.63) is 11.9 Å². The van der Waals surface area contributed by atoms with Crippen LogP contribution >= 0.6 is 0 Å². The van der Waals surface area contributed by atoms with Gasteiger partial charge in [0.05, 0.1) is 11.9 Å². The molecule has 1 aromatic rings. The first kappa shape index (κ1) is 13.1. The molecule has 1 unspecified atom stereocenters. The lowest BCUT2D eigenvalue weighted by atomic mass is 9.87. The molecule has 0 aromatic carbocycles. The third kappa shape index (κ3) is 2.00. The Morgan fingerprint density at radius 1 is 1.42 bits per heavy atom. The van der Waals surface area contributed by atoms with Gasteiger partial charge in [0.15, 0.2) is 0 Å². The van der Waals surface area contributed by atoms with Crippen molar-refractivity contribution < 1.29 is 8.42 Å². The van der Waals surface area contributed by atoms with Gasteiger partial charge >= 0.3 is 0 Å². The van der Waals surface area contributed by atoms with Crippen LogP contribution in [0, 0.1) is 12.3 Å². The van der Waals surface area contributed by atoms with Crippen LogP contribution in [0.4, 0.5) is 0 Å². The van der Waals surface area contributed by atoms with Gasteiger partial charge in [-0.2, -0.15) is 9.40 Å². The molecule has 1 aromatic heterocycles. The Balaban J connectivity index is 1.88. The number of rotatable bonds is 2. The first-order valence-corrected chi connectivity index (χ1v) is 8.08. The first-order valence-electron chi connectivity index (χ1n) is 6.64. The van der Waals surface area contributed by atoms with Gasteiger partial charge < -0.3 is 5.32 Å². The van der Waals surface area contributed by atoms with Crippen LogP contribution in [0.15, 0.2) is 11.1 Å². The maximum atomic E-state index is 12.7. The molecule has 19 heavy (non-hydrogen) atoms. The van der Waals surface area contributed by atoms with Crippen LogP contribution in [-0.2, 0) is 17.1 Å². The highest BCUT2D eigenvalue weighted by molar-refractivity contribution is 7.89. The fraction of sp³-hybridized carbons (Fsp3) is 0.750. The summed E-state index contributed by atoms with van der Waals surface area (Å²) in [6.45, 7) is 4.99. The minimum atomic E-state index is -3.39. The molecule has 7 heteroatoms.